The van der Waals surface area contributed by atoms with E-state index in [9.17, 15) is 13.5 Å². The monoisotopic (exact) mass is 209 g/mol. The van der Waals surface area contributed by atoms with Gasteiger partial charge in [-0.25, -0.2) is 8.42 Å². The maximum absolute atomic E-state index is 10.8. The Hall–Kier alpha value is -0.130. The highest BCUT2D eigenvalue weighted by Gasteiger charge is 2.08. The normalized spacial score (nSPS) is 14.8. The van der Waals surface area contributed by atoms with Crippen molar-refractivity contribution in [3.63, 3.8) is 0 Å². The number of sulfone groups is 1. The lowest BCUT2D eigenvalue weighted by molar-refractivity contribution is 0.125. The van der Waals surface area contributed by atoms with Crippen LogP contribution in [-0.4, -0.2) is 56.7 Å². The molecule has 13 heavy (non-hydrogen) atoms. The Kier molecular flexibility index (Phi) is 5.51. The van der Waals surface area contributed by atoms with Crippen molar-refractivity contribution in [2.24, 2.45) is 0 Å². The number of likely N-dealkylation sites (N-methyl/N-ethyl adjacent to an activating group) is 1. The Bertz CT molecular complexity index is 226. The summed E-state index contributed by atoms with van der Waals surface area (Å²) in [7, 11) is -1.08. The lowest BCUT2D eigenvalue weighted by atomic mass is 10.3. The van der Waals surface area contributed by atoms with Crippen LogP contribution in [0.5, 0.6) is 0 Å². The number of aliphatic hydroxyl groups excluding tert-OH is 1. The first-order valence-electron chi connectivity index (χ1n) is 4.39. The van der Waals surface area contributed by atoms with E-state index in [0.29, 0.717) is 19.5 Å². The van der Waals surface area contributed by atoms with Gasteiger partial charge in [0.05, 0.1) is 11.9 Å². The Balaban J connectivity index is 3.69. The van der Waals surface area contributed by atoms with Gasteiger partial charge in [-0.1, -0.05) is 6.92 Å². The molecule has 0 heterocycles. The summed E-state index contributed by atoms with van der Waals surface area (Å²) in [6.07, 6.45) is 1.56. The first-order chi connectivity index (χ1) is 5.85. The molecule has 0 aliphatic heterocycles. The number of rotatable bonds is 6. The molecular weight excluding hydrogens is 190 g/mol. The predicted octanol–water partition coefficient (Wildman–Crippen LogP) is -0.266. The molecule has 0 aromatic heterocycles. The lowest BCUT2D eigenvalue weighted by Gasteiger charge is -2.18. The second kappa shape index (κ2) is 5.57. The third kappa shape index (κ3) is 8.21. The van der Waals surface area contributed by atoms with Crippen LogP contribution in [-0.2, 0) is 9.84 Å². The maximum atomic E-state index is 10.8. The van der Waals surface area contributed by atoms with Gasteiger partial charge in [-0.15, -0.1) is 0 Å². The number of hydrogen-bond acceptors (Lipinski definition) is 4. The number of aliphatic hydroxyl groups is 1. The summed E-state index contributed by atoms with van der Waals surface area (Å²) >= 11 is 0. The minimum atomic E-state index is -2.89. The van der Waals surface area contributed by atoms with Crippen molar-refractivity contribution < 1.29 is 13.5 Å². The second-order valence-electron chi connectivity index (χ2n) is 3.45. The molecule has 0 aliphatic rings. The molecule has 0 rings (SSSR count). The van der Waals surface area contributed by atoms with Crippen molar-refractivity contribution in [1.82, 2.24) is 4.90 Å². The van der Waals surface area contributed by atoms with Crippen molar-refractivity contribution in [3.05, 3.63) is 0 Å². The highest BCUT2D eigenvalue weighted by Crippen LogP contribution is 1.94. The van der Waals surface area contributed by atoms with Crippen LogP contribution in [0, 0.1) is 0 Å². The summed E-state index contributed by atoms with van der Waals surface area (Å²) in [6.45, 7) is 2.91. The minimum absolute atomic E-state index is 0.153. The summed E-state index contributed by atoms with van der Waals surface area (Å²) in [5, 5.41) is 9.27. The van der Waals surface area contributed by atoms with Crippen molar-refractivity contribution in [2.45, 2.75) is 19.4 Å². The zero-order valence-corrected chi connectivity index (χ0v) is 9.34. The Morgan fingerprint density at radius 2 is 2.00 bits per heavy atom. The zero-order valence-electron chi connectivity index (χ0n) is 8.52. The first-order valence-corrected chi connectivity index (χ1v) is 6.45. The molecule has 0 spiro atoms. The molecule has 5 heteroatoms. The van der Waals surface area contributed by atoms with Gasteiger partial charge in [0.1, 0.15) is 9.84 Å². The Labute approximate surface area is 80.5 Å². The molecule has 1 N–H and O–H groups in total. The van der Waals surface area contributed by atoms with Gasteiger partial charge in [0.2, 0.25) is 0 Å². The average Bonchev–Trinajstić information content (AvgIpc) is 1.99. The fourth-order valence-corrected chi connectivity index (χ4v) is 1.55. The van der Waals surface area contributed by atoms with E-state index in [1.807, 2.05) is 18.9 Å². The fourth-order valence-electron chi connectivity index (χ4n) is 0.902. The van der Waals surface area contributed by atoms with E-state index in [4.69, 9.17) is 0 Å². The third-order valence-electron chi connectivity index (χ3n) is 1.84. The van der Waals surface area contributed by atoms with Crippen LogP contribution in [0.2, 0.25) is 0 Å². The van der Waals surface area contributed by atoms with E-state index in [0.717, 1.165) is 0 Å². The molecule has 0 aromatic carbocycles. The zero-order chi connectivity index (χ0) is 10.5. The summed E-state index contributed by atoms with van der Waals surface area (Å²) in [5.41, 5.74) is 0. The minimum Gasteiger partial charge on any atom is -0.392 e. The van der Waals surface area contributed by atoms with E-state index in [2.05, 4.69) is 0 Å². The molecule has 0 bridgehead atoms. The Morgan fingerprint density at radius 3 is 2.38 bits per heavy atom. The molecule has 0 fully saturated rings. The van der Waals surface area contributed by atoms with Gasteiger partial charge in [-0.3, -0.25) is 0 Å². The summed E-state index contributed by atoms with van der Waals surface area (Å²) in [5.74, 6) is 0.153. The van der Waals surface area contributed by atoms with Gasteiger partial charge in [-0.05, 0) is 13.5 Å². The molecule has 0 aromatic rings. The van der Waals surface area contributed by atoms with Gasteiger partial charge in [-0.2, -0.15) is 0 Å². The molecule has 1 atom stereocenters. The van der Waals surface area contributed by atoms with Crippen molar-refractivity contribution in [2.75, 3.05) is 32.1 Å². The van der Waals surface area contributed by atoms with Gasteiger partial charge in [0, 0.05) is 19.3 Å². The number of hydrogen-bond donors (Lipinski definition) is 1. The maximum Gasteiger partial charge on any atom is 0.148 e. The van der Waals surface area contributed by atoms with E-state index in [1.165, 1.54) is 6.26 Å². The van der Waals surface area contributed by atoms with Crippen LogP contribution < -0.4 is 0 Å². The van der Waals surface area contributed by atoms with E-state index >= 15 is 0 Å². The molecule has 0 radical (unpaired) electrons. The van der Waals surface area contributed by atoms with Crippen LogP contribution in [0.3, 0.4) is 0 Å². The lowest BCUT2D eigenvalue weighted by Crippen LogP contribution is -2.32. The van der Waals surface area contributed by atoms with Gasteiger partial charge in [0.15, 0.2) is 0 Å². The van der Waals surface area contributed by atoms with E-state index in [-0.39, 0.29) is 11.9 Å². The highest BCUT2D eigenvalue weighted by atomic mass is 32.2. The van der Waals surface area contributed by atoms with Crippen molar-refractivity contribution in [3.8, 4) is 0 Å². The van der Waals surface area contributed by atoms with Crippen LogP contribution in [0.25, 0.3) is 0 Å². The molecular formula is C8H19NO3S. The second-order valence-corrected chi connectivity index (χ2v) is 5.71. The van der Waals surface area contributed by atoms with Crippen molar-refractivity contribution >= 4 is 9.84 Å². The topological polar surface area (TPSA) is 57.6 Å². The molecule has 4 nitrogen and oxygen atoms in total. The third-order valence-corrected chi connectivity index (χ3v) is 2.76. The Morgan fingerprint density at radius 1 is 1.46 bits per heavy atom. The first kappa shape index (κ1) is 12.9. The van der Waals surface area contributed by atoms with E-state index in [1.54, 1.807) is 0 Å². The quantitative estimate of drug-likeness (QED) is 0.654. The largest absolute Gasteiger partial charge is 0.392 e. The smallest absolute Gasteiger partial charge is 0.148 e. The molecule has 80 valence electrons. The predicted molar refractivity (Wildman–Crippen MR) is 53.5 cm³/mol. The summed E-state index contributed by atoms with van der Waals surface area (Å²) < 4.78 is 21.6. The fraction of sp³-hybridized carbons (Fsp3) is 1.00. The molecule has 0 aliphatic carbocycles. The molecule has 0 amide bonds. The van der Waals surface area contributed by atoms with Gasteiger partial charge >= 0.3 is 0 Å². The summed E-state index contributed by atoms with van der Waals surface area (Å²) in [6, 6.07) is 0. The highest BCUT2D eigenvalue weighted by molar-refractivity contribution is 7.90. The molecule has 1 unspecified atom stereocenters. The van der Waals surface area contributed by atoms with Crippen LogP contribution in [0.15, 0.2) is 0 Å². The van der Waals surface area contributed by atoms with Crippen molar-refractivity contribution in [1.29, 1.82) is 0 Å². The summed E-state index contributed by atoms with van der Waals surface area (Å²) in [4.78, 5) is 1.83. The van der Waals surface area contributed by atoms with E-state index < -0.39 is 9.84 Å². The van der Waals surface area contributed by atoms with Crippen LogP contribution in [0.4, 0.5) is 0 Å². The number of nitrogens with zero attached hydrogens (tertiary/aromatic N) is 1. The van der Waals surface area contributed by atoms with Crippen LogP contribution >= 0.6 is 0 Å². The molecule has 0 saturated heterocycles. The average molecular weight is 209 g/mol. The standard InChI is InChI=1S/C8H19NO3S/c1-4-8(10)7-9(2)5-6-13(3,11)12/h8,10H,4-7H2,1-3H3. The van der Waals surface area contributed by atoms with Crippen LogP contribution in [0.1, 0.15) is 13.3 Å². The van der Waals surface area contributed by atoms with Gasteiger partial charge < -0.3 is 10.0 Å². The van der Waals surface area contributed by atoms with Gasteiger partial charge in [0.25, 0.3) is 0 Å². The molecule has 0 saturated carbocycles. The SMILES string of the molecule is CCC(O)CN(C)CCS(C)(=O)=O.